The third-order valence-corrected chi connectivity index (χ3v) is 4.68. The molecule has 1 heterocycles. The van der Waals surface area contributed by atoms with Gasteiger partial charge in [-0.05, 0) is 53.3 Å². The van der Waals surface area contributed by atoms with Crippen LogP contribution in [-0.4, -0.2) is 16.6 Å². The highest BCUT2D eigenvalue weighted by Gasteiger charge is 2.19. The summed E-state index contributed by atoms with van der Waals surface area (Å²) in [6.45, 7) is 0.810. The van der Waals surface area contributed by atoms with Crippen LogP contribution in [0, 0.1) is 0 Å². The number of benzene rings is 2. The summed E-state index contributed by atoms with van der Waals surface area (Å²) in [6.07, 6.45) is 1.01. The Balaban J connectivity index is 1.78. The van der Waals surface area contributed by atoms with Crippen LogP contribution in [0.1, 0.15) is 16.0 Å². The average molecular weight is 293 g/mol. The summed E-state index contributed by atoms with van der Waals surface area (Å²) in [7, 11) is 1.95. The van der Waals surface area contributed by atoms with Crippen LogP contribution in [-0.2, 0) is 13.0 Å². The molecular weight excluding hydrogens is 278 g/mol. The van der Waals surface area contributed by atoms with Crippen molar-refractivity contribution in [3.63, 3.8) is 0 Å². The molecule has 0 aliphatic heterocycles. The third kappa shape index (κ3) is 2.07. The number of hydrogen-bond acceptors (Lipinski definition) is 4. The van der Waals surface area contributed by atoms with E-state index < -0.39 is 0 Å². The molecule has 3 aromatic rings. The fraction of sp³-hybridized carbons (Fsp3) is 0.176. The summed E-state index contributed by atoms with van der Waals surface area (Å²) >= 11 is 1.47. The van der Waals surface area contributed by atoms with E-state index in [9.17, 15) is 0 Å². The summed E-state index contributed by atoms with van der Waals surface area (Å²) in [4.78, 5) is 1.19. The molecule has 4 heteroatoms. The van der Waals surface area contributed by atoms with E-state index >= 15 is 0 Å². The number of aromatic nitrogens is 2. The Bertz CT molecular complexity index is 807. The molecule has 0 saturated carbocycles. The Labute approximate surface area is 127 Å². The van der Waals surface area contributed by atoms with Crippen molar-refractivity contribution in [2.24, 2.45) is 0 Å². The lowest BCUT2D eigenvalue weighted by Crippen LogP contribution is -2.04. The first-order chi connectivity index (χ1) is 10.4. The van der Waals surface area contributed by atoms with Crippen LogP contribution >= 0.6 is 11.5 Å². The summed E-state index contributed by atoms with van der Waals surface area (Å²) in [5.74, 6) is 0. The van der Waals surface area contributed by atoms with Gasteiger partial charge in [0.1, 0.15) is 5.69 Å². The van der Waals surface area contributed by atoms with Gasteiger partial charge in [0.25, 0.3) is 0 Å². The maximum atomic E-state index is 4.31. The Morgan fingerprint density at radius 3 is 2.86 bits per heavy atom. The van der Waals surface area contributed by atoms with Gasteiger partial charge >= 0.3 is 0 Å². The average Bonchev–Trinajstić information content (AvgIpc) is 3.10. The van der Waals surface area contributed by atoms with Crippen molar-refractivity contribution in [3.8, 4) is 22.4 Å². The second kappa shape index (κ2) is 5.06. The molecule has 104 valence electrons. The van der Waals surface area contributed by atoms with Crippen molar-refractivity contribution < 1.29 is 0 Å². The molecule has 1 N–H and O–H groups in total. The standard InChI is InChI=1S/C17H15N3S/c1-18-10-16-17(19-20-21-16)12-6-7-15-13(9-12)8-11-4-2-3-5-14(11)15/h2-7,9,18H,8,10H2,1H3. The molecular formula is C17H15N3S. The molecule has 0 saturated heterocycles. The maximum absolute atomic E-state index is 4.31. The molecule has 0 unspecified atom stereocenters. The van der Waals surface area contributed by atoms with Crippen LogP contribution in [0.15, 0.2) is 42.5 Å². The van der Waals surface area contributed by atoms with Gasteiger partial charge in [-0.25, -0.2) is 0 Å². The summed E-state index contributed by atoms with van der Waals surface area (Å²) < 4.78 is 4.10. The highest BCUT2D eigenvalue weighted by atomic mass is 32.1. The van der Waals surface area contributed by atoms with Crippen molar-refractivity contribution in [1.82, 2.24) is 14.9 Å². The quantitative estimate of drug-likeness (QED) is 0.628. The van der Waals surface area contributed by atoms with Crippen LogP contribution in [0.4, 0.5) is 0 Å². The molecule has 0 radical (unpaired) electrons. The Morgan fingerprint density at radius 2 is 1.95 bits per heavy atom. The van der Waals surface area contributed by atoms with Gasteiger partial charge < -0.3 is 5.32 Å². The molecule has 0 spiro atoms. The van der Waals surface area contributed by atoms with Crippen LogP contribution in [0.3, 0.4) is 0 Å². The van der Waals surface area contributed by atoms with Crippen LogP contribution in [0.2, 0.25) is 0 Å². The monoisotopic (exact) mass is 293 g/mol. The molecule has 0 atom stereocenters. The summed E-state index contributed by atoms with van der Waals surface area (Å²) in [6, 6.07) is 15.3. The number of fused-ring (bicyclic) bond motifs is 3. The fourth-order valence-corrected chi connectivity index (χ4v) is 3.67. The molecule has 1 aromatic heterocycles. The predicted molar refractivity (Wildman–Crippen MR) is 86.4 cm³/mol. The van der Waals surface area contributed by atoms with E-state index in [2.05, 4.69) is 57.4 Å². The zero-order valence-electron chi connectivity index (χ0n) is 11.8. The number of nitrogens with one attached hydrogen (secondary N) is 1. The first-order valence-electron chi connectivity index (χ1n) is 7.04. The van der Waals surface area contributed by atoms with Gasteiger partial charge in [0.05, 0.1) is 4.88 Å². The number of nitrogens with zero attached hydrogens (tertiary/aromatic N) is 2. The second-order valence-corrected chi connectivity index (χ2v) is 6.12. The normalized spacial score (nSPS) is 12.2. The maximum Gasteiger partial charge on any atom is 0.110 e. The minimum Gasteiger partial charge on any atom is -0.315 e. The topological polar surface area (TPSA) is 37.8 Å². The van der Waals surface area contributed by atoms with Crippen molar-refractivity contribution in [1.29, 1.82) is 0 Å². The van der Waals surface area contributed by atoms with Crippen LogP contribution in [0.5, 0.6) is 0 Å². The van der Waals surface area contributed by atoms with E-state index in [1.54, 1.807) is 0 Å². The lowest BCUT2D eigenvalue weighted by atomic mass is 10.0. The molecule has 21 heavy (non-hydrogen) atoms. The van der Waals surface area contributed by atoms with E-state index in [1.165, 1.54) is 44.2 Å². The molecule has 0 fully saturated rings. The summed E-state index contributed by atoms with van der Waals surface area (Å²) in [5, 5.41) is 7.49. The Morgan fingerprint density at radius 1 is 1.10 bits per heavy atom. The van der Waals surface area contributed by atoms with Crippen LogP contribution in [0.25, 0.3) is 22.4 Å². The Kier molecular flexibility index (Phi) is 3.05. The zero-order chi connectivity index (χ0) is 14.2. The van der Waals surface area contributed by atoms with E-state index in [1.807, 2.05) is 7.05 Å². The van der Waals surface area contributed by atoms with Crippen LogP contribution < -0.4 is 5.32 Å². The zero-order valence-corrected chi connectivity index (χ0v) is 12.6. The van der Waals surface area contributed by atoms with E-state index in [0.717, 1.165) is 18.7 Å². The molecule has 0 amide bonds. The number of rotatable bonds is 3. The fourth-order valence-electron chi connectivity index (χ4n) is 3.00. The second-order valence-electron chi connectivity index (χ2n) is 5.28. The van der Waals surface area contributed by atoms with Gasteiger partial charge in [-0.3, -0.25) is 0 Å². The predicted octanol–water partition coefficient (Wildman–Crippen LogP) is 3.50. The molecule has 2 aromatic carbocycles. The van der Waals surface area contributed by atoms with E-state index in [-0.39, 0.29) is 0 Å². The van der Waals surface area contributed by atoms with E-state index in [4.69, 9.17) is 0 Å². The van der Waals surface area contributed by atoms with Gasteiger partial charge in [0.2, 0.25) is 0 Å². The first-order valence-corrected chi connectivity index (χ1v) is 7.81. The third-order valence-electron chi connectivity index (χ3n) is 3.96. The lowest BCUT2D eigenvalue weighted by molar-refractivity contribution is 0.830. The van der Waals surface area contributed by atoms with Crippen molar-refractivity contribution in [2.45, 2.75) is 13.0 Å². The molecule has 1 aliphatic carbocycles. The SMILES string of the molecule is CNCc1snnc1-c1ccc2c(c1)Cc1ccccc1-2. The number of hydrogen-bond donors (Lipinski definition) is 1. The smallest absolute Gasteiger partial charge is 0.110 e. The minimum absolute atomic E-state index is 0.810. The molecule has 0 bridgehead atoms. The summed E-state index contributed by atoms with van der Waals surface area (Å²) in [5.41, 5.74) is 7.70. The first kappa shape index (κ1) is 12.7. The highest BCUT2D eigenvalue weighted by Crippen LogP contribution is 2.38. The van der Waals surface area contributed by atoms with Gasteiger partial charge in [-0.1, -0.05) is 40.9 Å². The largest absolute Gasteiger partial charge is 0.315 e. The van der Waals surface area contributed by atoms with Crippen molar-refractivity contribution in [2.75, 3.05) is 7.05 Å². The minimum atomic E-state index is 0.810. The lowest BCUT2D eigenvalue weighted by Gasteiger charge is -2.05. The molecule has 4 rings (SSSR count). The van der Waals surface area contributed by atoms with Gasteiger partial charge in [0.15, 0.2) is 0 Å². The van der Waals surface area contributed by atoms with E-state index in [0.29, 0.717) is 0 Å². The van der Waals surface area contributed by atoms with Gasteiger partial charge in [0, 0.05) is 12.1 Å². The highest BCUT2D eigenvalue weighted by molar-refractivity contribution is 7.05. The van der Waals surface area contributed by atoms with Crippen molar-refractivity contribution in [3.05, 3.63) is 58.5 Å². The van der Waals surface area contributed by atoms with Gasteiger partial charge in [-0.15, -0.1) is 5.10 Å². The van der Waals surface area contributed by atoms with Gasteiger partial charge in [-0.2, -0.15) is 0 Å². The van der Waals surface area contributed by atoms with Crippen molar-refractivity contribution >= 4 is 11.5 Å². The molecule has 3 nitrogen and oxygen atoms in total. The Hall–Kier alpha value is -2.04. The molecule has 1 aliphatic rings.